The van der Waals surface area contributed by atoms with Crippen LogP contribution in [0, 0.1) is 0 Å². The fraction of sp³-hybridized carbons (Fsp3) is 0.455. The number of rotatable bonds is 5. The van der Waals surface area contributed by atoms with Crippen molar-refractivity contribution < 1.29 is 5.11 Å². The molecule has 0 saturated carbocycles. The minimum atomic E-state index is -0.347. The number of aliphatic hydroxyl groups is 1. The Hall–Kier alpha value is -0.240. The van der Waals surface area contributed by atoms with Crippen LogP contribution in [-0.2, 0) is 6.42 Å². The molecular weight excluding hydrogens is 219 g/mol. The first kappa shape index (κ1) is 11.8. The van der Waals surface area contributed by atoms with E-state index < -0.39 is 0 Å². The second-order valence-electron chi connectivity index (χ2n) is 3.24. The normalized spacial score (nSPS) is 15.1. The Labute approximate surface area is 94.7 Å². The molecule has 0 bridgehead atoms. The summed E-state index contributed by atoms with van der Waals surface area (Å²) < 4.78 is 0. The largest absolute Gasteiger partial charge is 0.395 e. The van der Waals surface area contributed by atoms with Gasteiger partial charge in [-0.05, 0) is 18.4 Å². The van der Waals surface area contributed by atoms with Crippen molar-refractivity contribution in [3.63, 3.8) is 0 Å². The highest BCUT2D eigenvalue weighted by Gasteiger charge is 2.14. The Morgan fingerprint density at radius 3 is 2.29 bits per heavy atom. The van der Waals surface area contributed by atoms with Crippen LogP contribution in [0.1, 0.15) is 12.0 Å². The molecule has 1 aromatic carbocycles. The van der Waals surface area contributed by atoms with Gasteiger partial charge in [0.2, 0.25) is 0 Å². The van der Waals surface area contributed by atoms with E-state index in [-0.39, 0.29) is 17.4 Å². The minimum absolute atomic E-state index is 0.0650. The van der Waals surface area contributed by atoms with Crippen LogP contribution in [0.4, 0.5) is 0 Å². The Morgan fingerprint density at radius 2 is 1.71 bits per heavy atom. The first-order valence-corrected chi connectivity index (χ1v) is 5.54. The smallest absolute Gasteiger partial charge is 0.0730 e. The average molecular weight is 233 g/mol. The molecule has 2 atom stereocenters. The number of aliphatic hydroxyl groups excluding tert-OH is 1. The van der Waals surface area contributed by atoms with E-state index in [0.29, 0.717) is 0 Å². The molecule has 0 fully saturated rings. The summed E-state index contributed by atoms with van der Waals surface area (Å²) >= 11 is 11.8. The monoisotopic (exact) mass is 232 g/mol. The predicted octanol–water partition coefficient (Wildman–Crippen LogP) is 2.83. The van der Waals surface area contributed by atoms with Crippen LogP contribution < -0.4 is 0 Å². The standard InChI is InChI=1S/C11H14Cl2O/c12-10(11(13)8-14)7-6-9-4-2-1-3-5-9/h1-5,10-11,14H,6-8H2/t10-,11+/m0/s1. The van der Waals surface area contributed by atoms with E-state index >= 15 is 0 Å². The van der Waals surface area contributed by atoms with Gasteiger partial charge in [0, 0.05) is 0 Å². The number of halogens is 2. The SMILES string of the molecule is OC[C@@H](Cl)[C@@H](Cl)CCc1ccccc1. The maximum Gasteiger partial charge on any atom is 0.0730 e. The number of benzene rings is 1. The van der Waals surface area contributed by atoms with Crippen LogP contribution in [0.2, 0.25) is 0 Å². The Bertz CT molecular complexity index is 251. The lowest BCUT2D eigenvalue weighted by atomic mass is 10.1. The molecule has 3 heteroatoms. The first-order valence-electron chi connectivity index (χ1n) is 4.67. The number of alkyl halides is 2. The van der Waals surface area contributed by atoms with Crippen molar-refractivity contribution in [1.82, 2.24) is 0 Å². The summed E-state index contributed by atoms with van der Waals surface area (Å²) in [5.74, 6) is 0. The topological polar surface area (TPSA) is 20.2 Å². The van der Waals surface area contributed by atoms with Crippen molar-refractivity contribution >= 4 is 23.2 Å². The van der Waals surface area contributed by atoms with Gasteiger partial charge in [0.1, 0.15) is 0 Å². The number of hydrogen-bond donors (Lipinski definition) is 1. The van der Waals surface area contributed by atoms with E-state index in [2.05, 4.69) is 12.1 Å². The third kappa shape index (κ3) is 3.87. The van der Waals surface area contributed by atoms with Crippen LogP contribution in [0.3, 0.4) is 0 Å². The maximum absolute atomic E-state index is 8.79. The molecule has 1 nitrogen and oxygen atoms in total. The molecule has 0 spiro atoms. The van der Waals surface area contributed by atoms with Crippen molar-refractivity contribution in [3.8, 4) is 0 Å². The summed E-state index contributed by atoms with van der Waals surface area (Å²) in [6, 6.07) is 10.1. The molecule has 78 valence electrons. The van der Waals surface area contributed by atoms with Crippen molar-refractivity contribution in [3.05, 3.63) is 35.9 Å². The fourth-order valence-corrected chi connectivity index (χ4v) is 1.56. The molecule has 0 aliphatic rings. The van der Waals surface area contributed by atoms with Crippen LogP contribution in [0.25, 0.3) is 0 Å². The first-order chi connectivity index (χ1) is 6.74. The van der Waals surface area contributed by atoms with Gasteiger partial charge in [0.25, 0.3) is 0 Å². The van der Waals surface area contributed by atoms with Crippen molar-refractivity contribution in [2.24, 2.45) is 0 Å². The van der Waals surface area contributed by atoms with Crippen LogP contribution >= 0.6 is 23.2 Å². The van der Waals surface area contributed by atoms with Gasteiger partial charge in [-0.3, -0.25) is 0 Å². The molecule has 1 aromatic rings. The van der Waals surface area contributed by atoms with E-state index in [1.807, 2.05) is 18.2 Å². The molecule has 0 unspecified atom stereocenters. The Kier molecular flexibility index (Phi) is 5.31. The lowest BCUT2D eigenvalue weighted by molar-refractivity contribution is 0.288. The molecule has 0 radical (unpaired) electrons. The van der Waals surface area contributed by atoms with Gasteiger partial charge in [-0.15, -0.1) is 23.2 Å². The minimum Gasteiger partial charge on any atom is -0.395 e. The molecule has 0 aromatic heterocycles. The molecule has 0 aliphatic carbocycles. The molecule has 14 heavy (non-hydrogen) atoms. The molecule has 0 saturated heterocycles. The van der Waals surface area contributed by atoms with Gasteiger partial charge in [0.15, 0.2) is 0 Å². The van der Waals surface area contributed by atoms with E-state index in [9.17, 15) is 0 Å². The highest BCUT2D eigenvalue weighted by atomic mass is 35.5. The van der Waals surface area contributed by atoms with E-state index in [1.54, 1.807) is 0 Å². The molecule has 0 aliphatic heterocycles. The van der Waals surface area contributed by atoms with E-state index in [4.69, 9.17) is 28.3 Å². The van der Waals surface area contributed by atoms with E-state index in [0.717, 1.165) is 12.8 Å². The van der Waals surface area contributed by atoms with Gasteiger partial charge in [-0.2, -0.15) is 0 Å². The van der Waals surface area contributed by atoms with Crippen molar-refractivity contribution in [2.75, 3.05) is 6.61 Å². The van der Waals surface area contributed by atoms with Crippen molar-refractivity contribution in [2.45, 2.75) is 23.6 Å². The van der Waals surface area contributed by atoms with Gasteiger partial charge >= 0.3 is 0 Å². The molecule has 0 heterocycles. The summed E-state index contributed by atoms with van der Waals surface area (Å²) in [5, 5.41) is 8.27. The van der Waals surface area contributed by atoms with Gasteiger partial charge in [0.05, 0.1) is 17.4 Å². The summed E-state index contributed by atoms with van der Waals surface area (Å²) in [7, 11) is 0. The summed E-state index contributed by atoms with van der Waals surface area (Å²) in [4.78, 5) is 0. The highest BCUT2D eigenvalue weighted by molar-refractivity contribution is 6.30. The average Bonchev–Trinajstić information content (AvgIpc) is 2.26. The summed E-state index contributed by atoms with van der Waals surface area (Å²) in [6.45, 7) is -0.0650. The van der Waals surface area contributed by atoms with Crippen LogP contribution in [-0.4, -0.2) is 22.5 Å². The maximum atomic E-state index is 8.79. The summed E-state index contributed by atoms with van der Waals surface area (Å²) in [6.07, 6.45) is 1.69. The third-order valence-corrected chi connectivity index (χ3v) is 3.21. The Balaban J connectivity index is 2.34. The number of hydrogen-bond acceptors (Lipinski definition) is 1. The second-order valence-corrected chi connectivity index (χ2v) is 4.36. The van der Waals surface area contributed by atoms with Gasteiger partial charge in [-0.1, -0.05) is 30.3 Å². The third-order valence-electron chi connectivity index (χ3n) is 2.12. The zero-order valence-corrected chi connectivity index (χ0v) is 9.38. The van der Waals surface area contributed by atoms with Crippen LogP contribution in [0.15, 0.2) is 30.3 Å². The molecule has 0 amide bonds. The molecule has 1 N–H and O–H groups in total. The predicted molar refractivity (Wildman–Crippen MR) is 61.1 cm³/mol. The Morgan fingerprint density at radius 1 is 1.07 bits per heavy atom. The highest BCUT2D eigenvalue weighted by Crippen LogP contribution is 2.16. The van der Waals surface area contributed by atoms with Crippen molar-refractivity contribution in [1.29, 1.82) is 0 Å². The lowest BCUT2D eigenvalue weighted by Gasteiger charge is -2.13. The van der Waals surface area contributed by atoms with Gasteiger partial charge < -0.3 is 5.11 Å². The quantitative estimate of drug-likeness (QED) is 0.775. The lowest BCUT2D eigenvalue weighted by Crippen LogP contribution is -2.19. The second kappa shape index (κ2) is 6.28. The van der Waals surface area contributed by atoms with Crippen LogP contribution in [0.5, 0.6) is 0 Å². The van der Waals surface area contributed by atoms with Gasteiger partial charge in [-0.25, -0.2) is 0 Å². The molecular formula is C11H14Cl2O. The van der Waals surface area contributed by atoms with E-state index in [1.165, 1.54) is 5.56 Å². The zero-order valence-electron chi connectivity index (χ0n) is 7.87. The zero-order chi connectivity index (χ0) is 10.4. The fourth-order valence-electron chi connectivity index (χ4n) is 1.24. The summed E-state index contributed by atoms with van der Waals surface area (Å²) in [5.41, 5.74) is 1.25. The molecule has 1 rings (SSSR count). The number of aryl methyl sites for hydroxylation is 1.